The van der Waals surface area contributed by atoms with Crippen molar-refractivity contribution in [3.63, 3.8) is 0 Å². The van der Waals surface area contributed by atoms with Crippen molar-refractivity contribution in [2.24, 2.45) is 5.41 Å². The lowest BCUT2D eigenvalue weighted by Crippen LogP contribution is -2.41. The summed E-state index contributed by atoms with van der Waals surface area (Å²) >= 11 is 0. The fourth-order valence-electron chi connectivity index (χ4n) is 3.76. The van der Waals surface area contributed by atoms with Crippen molar-refractivity contribution in [1.82, 2.24) is 9.88 Å². The van der Waals surface area contributed by atoms with Crippen molar-refractivity contribution in [3.05, 3.63) is 57.5 Å². The molecule has 0 fully saturated rings. The summed E-state index contributed by atoms with van der Waals surface area (Å²) in [5, 5.41) is 2.72. The maximum atomic E-state index is 13.0. The number of anilines is 1. The van der Waals surface area contributed by atoms with Crippen LogP contribution in [0.5, 0.6) is 5.75 Å². The zero-order valence-electron chi connectivity index (χ0n) is 18.2. The fraction of sp³-hybridized carbons (Fsp3) is 0.391. The van der Waals surface area contributed by atoms with E-state index in [4.69, 9.17) is 4.74 Å². The number of likely N-dealkylation sites (N-methyl/N-ethyl adjacent to an activating group) is 1. The minimum atomic E-state index is -0.593. The van der Waals surface area contributed by atoms with E-state index in [-0.39, 0.29) is 29.9 Å². The van der Waals surface area contributed by atoms with Gasteiger partial charge < -0.3 is 19.9 Å². The molecule has 0 aliphatic heterocycles. The SMILES string of the molecule is CCN(CC(=O)Nc1cccc(OC)c1)C(=O)c1cc2c([nH]c1=O)CC(C)(C)CC2=O. The van der Waals surface area contributed by atoms with Crippen molar-refractivity contribution in [2.75, 3.05) is 25.5 Å². The number of amides is 2. The van der Waals surface area contributed by atoms with Gasteiger partial charge in [0, 0.05) is 36.0 Å². The van der Waals surface area contributed by atoms with Gasteiger partial charge in [-0.1, -0.05) is 19.9 Å². The van der Waals surface area contributed by atoms with Gasteiger partial charge in [0.2, 0.25) is 5.91 Å². The number of carbonyl (C=O) groups excluding carboxylic acids is 3. The van der Waals surface area contributed by atoms with Crippen LogP contribution in [0, 0.1) is 5.41 Å². The molecule has 1 aliphatic rings. The Kier molecular flexibility index (Phi) is 6.29. The van der Waals surface area contributed by atoms with Crippen LogP contribution in [0.3, 0.4) is 0 Å². The predicted molar refractivity (Wildman–Crippen MR) is 117 cm³/mol. The standard InChI is InChI=1S/C23H27N3O5/c1-5-26(13-20(28)24-14-7-6-8-15(9-14)31-4)22(30)17-10-16-18(25-21(17)29)11-23(2,3)12-19(16)27/h6-10H,5,11-13H2,1-4H3,(H,24,28)(H,25,29). The molecule has 0 saturated carbocycles. The van der Waals surface area contributed by atoms with E-state index < -0.39 is 17.4 Å². The van der Waals surface area contributed by atoms with E-state index in [0.29, 0.717) is 35.5 Å². The van der Waals surface area contributed by atoms with Crippen LogP contribution in [0.25, 0.3) is 0 Å². The second kappa shape index (κ2) is 8.75. The number of pyridine rings is 1. The summed E-state index contributed by atoms with van der Waals surface area (Å²) in [7, 11) is 1.53. The second-order valence-corrected chi connectivity index (χ2v) is 8.44. The Balaban J connectivity index is 1.79. The van der Waals surface area contributed by atoms with Crippen LogP contribution in [-0.4, -0.2) is 47.7 Å². The van der Waals surface area contributed by atoms with Crippen molar-refractivity contribution in [3.8, 4) is 5.75 Å². The Bertz CT molecular complexity index is 1090. The number of H-pyrrole nitrogens is 1. The van der Waals surface area contributed by atoms with Gasteiger partial charge in [0.1, 0.15) is 17.9 Å². The van der Waals surface area contributed by atoms with Crippen molar-refractivity contribution in [2.45, 2.75) is 33.6 Å². The molecule has 1 heterocycles. The molecule has 2 N–H and O–H groups in total. The monoisotopic (exact) mass is 425 g/mol. The summed E-state index contributed by atoms with van der Waals surface area (Å²) < 4.78 is 5.13. The summed E-state index contributed by atoms with van der Waals surface area (Å²) in [5.74, 6) is -0.509. The zero-order valence-corrected chi connectivity index (χ0v) is 18.2. The average molecular weight is 425 g/mol. The number of methoxy groups -OCH3 is 1. The summed E-state index contributed by atoms with van der Waals surface area (Å²) in [5.41, 5.74) is 0.531. The van der Waals surface area contributed by atoms with Crippen LogP contribution in [0.1, 0.15) is 53.6 Å². The Hall–Kier alpha value is -3.42. The van der Waals surface area contributed by atoms with Crippen LogP contribution < -0.4 is 15.6 Å². The highest BCUT2D eigenvalue weighted by Gasteiger charge is 2.33. The highest BCUT2D eigenvalue weighted by Crippen LogP contribution is 2.33. The first-order valence-corrected chi connectivity index (χ1v) is 10.2. The number of hydrogen-bond acceptors (Lipinski definition) is 5. The summed E-state index contributed by atoms with van der Waals surface area (Å²) in [6, 6.07) is 8.23. The van der Waals surface area contributed by atoms with Gasteiger partial charge in [-0.25, -0.2) is 0 Å². The molecule has 0 saturated heterocycles. The van der Waals surface area contributed by atoms with Gasteiger partial charge >= 0.3 is 0 Å². The molecule has 1 aromatic heterocycles. The summed E-state index contributed by atoms with van der Waals surface area (Å²) in [6.07, 6.45) is 0.901. The Morgan fingerprint density at radius 1 is 1.19 bits per heavy atom. The molecular weight excluding hydrogens is 398 g/mol. The number of fused-ring (bicyclic) bond motifs is 1. The Morgan fingerprint density at radius 3 is 2.61 bits per heavy atom. The number of Topliss-reactive ketones (excluding diaryl/α,β-unsaturated/α-hetero) is 1. The normalized spacial score (nSPS) is 14.5. The number of aromatic amines is 1. The molecule has 0 spiro atoms. The number of benzene rings is 1. The van der Waals surface area contributed by atoms with Gasteiger partial charge in [-0.05, 0) is 37.0 Å². The minimum absolute atomic E-state index is 0.102. The first-order valence-electron chi connectivity index (χ1n) is 10.2. The van der Waals surface area contributed by atoms with E-state index >= 15 is 0 Å². The largest absolute Gasteiger partial charge is 0.497 e. The van der Waals surface area contributed by atoms with E-state index in [2.05, 4.69) is 10.3 Å². The molecular formula is C23H27N3O5. The van der Waals surface area contributed by atoms with Gasteiger partial charge in [-0.3, -0.25) is 19.2 Å². The zero-order chi connectivity index (χ0) is 22.8. The molecule has 3 rings (SSSR count). The lowest BCUT2D eigenvalue weighted by Gasteiger charge is -2.30. The highest BCUT2D eigenvalue weighted by atomic mass is 16.5. The van der Waals surface area contributed by atoms with Crippen molar-refractivity contribution < 1.29 is 19.1 Å². The number of hydrogen-bond donors (Lipinski definition) is 2. The fourth-order valence-corrected chi connectivity index (χ4v) is 3.76. The first-order chi connectivity index (χ1) is 14.6. The molecule has 2 amide bonds. The van der Waals surface area contributed by atoms with Crippen molar-refractivity contribution >= 4 is 23.3 Å². The van der Waals surface area contributed by atoms with E-state index in [1.54, 1.807) is 31.2 Å². The lowest BCUT2D eigenvalue weighted by molar-refractivity contribution is -0.116. The third-order valence-corrected chi connectivity index (χ3v) is 5.30. The molecule has 0 radical (unpaired) electrons. The quantitative estimate of drug-likeness (QED) is 0.740. The van der Waals surface area contributed by atoms with E-state index in [9.17, 15) is 19.2 Å². The van der Waals surface area contributed by atoms with E-state index in [1.165, 1.54) is 18.1 Å². The van der Waals surface area contributed by atoms with Gasteiger partial charge in [0.05, 0.1) is 7.11 Å². The Morgan fingerprint density at radius 2 is 1.94 bits per heavy atom. The van der Waals surface area contributed by atoms with Gasteiger partial charge in [0.15, 0.2) is 5.78 Å². The molecule has 164 valence electrons. The molecule has 0 unspecified atom stereocenters. The van der Waals surface area contributed by atoms with Crippen molar-refractivity contribution in [1.29, 1.82) is 0 Å². The molecule has 8 heteroatoms. The molecule has 1 aromatic carbocycles. The molecule has 0 atom stereocenters. The smallest absolute Gasteiger partial charge is 0.261 e. The molecule has 8 nitrogen and oxygen atoms in total. The lowest BCUT2D eigenvalue weighted by atomic mass is 9.75. The molecule has 31 heavy (non-hydrogen) atoms. The first kappa shape index (κ1) is 22.3. The topological polar surface area (TPSA) is 109 Å². The number of nitrogens with one attached hydrogen (secondary N) is 2. The third kappa shape index (κ3) is 5.02. The molecule has 0 bridgehead atoms. The summed E-state index contributed by atoms with van der Waals surface area (Å²) in [4.78, 5) is 54.6. The second-order valence-electron chi connectivity index (χ2n) is 8.44. The van der Waals surface area contributed by atoms with Crippen LogP contribution in [0.15, 0.2) is 35.1 Å². The number of ketones is 1. The number of nitrogens with zero attached hydrogens (tertiary/aromatic N) is 1. The number of ether oxygens (including phenoxy) is 1. The molecule has 2 aromatic rings. The number of aromatic nitrogens is 1. The van der Waals surface area contributed by atoms with E-state index in [1.807, 2.05) is 13.8 Å². The maximum Gasteiger partial charge on any atom is 0.261 e. The van der Waals surface area contributed by atoms with E-state index in [0.717, 1.165) is 0 Å². The number of rotatable bonds is 6. The van der Waals surface area contributed by atoms with Crippen LogP contribution in [-0.2, 0) is 11.2 Å². The van der Waals surface area contributed by atoms with Gasteiger partial charge in [0.25, 0.3) is 11.5 Å². The minimum Gasteiger partial charge on any atom is -0.497 e. The third-order valence-electron chi connectivity index (χ3n) is 5.30. The Labute approximate surface area is 180 Å². The van der Waals surface area contributed by atoms with Crippen LogP contribution >= 0.6 is 0 Å². The average Bonchev–Trinajstić information content (AvgIpc) is 2.70. The number of carbonyl (C=O) groups is 3. The predicted octanol–water partition coefficient (Wildman–Crippen LogP) is 2.64. The van der Waals surface area contributed by atoms with Crippen LogP contribution in [0.4, 0.5) is 5.69 Å². The molecule has 1 aliphatic carbocycles. The highest BCUT2D eigenvalue weighted by molar-refractivity contribution is 6.03. The maximum absolute atomic E-state index is 13.0. The van der Waals surface area contributed by atoms with Crippen LogP contribution in [0.2, 0.25) is 0 Å². The summed E-state index contributed by atoms with van der Waals surface area (Å²) in [6.45, 7) is 5.64. The van der Waals surface area contributed by atoms with Gasteiger partial charge in [-0.15, -0.1) is 0 Å². The van der Waals surface area contributed by atoms with Gasteiger partial charge in [-0.2, -0.15) is 0 Å².